The van der Waals surface area contributed by atoms with Gasteiger partial charge in [-0.3, -0.25) is 5.41 Å². The monoisotopic (exact) mass is 147 g/mol. The highest BCUT2D eigenvalue weighted by atomic mass is 31.0. The minimum atomic E-state index is 0.516. The van der Waals surface area contributed by atoms with E-state index in [2.05, 4.69) is 9.39 Å². The third kappa shape index (κ3) is 2.66. The third-order valence-electron chi connectivity index (χ3n) is 1.17. The summed E-state index contributed by atoms with van der Waals surface area (Å²) in [6.07, 6.45) is 0. The molecule has 0 amide bonds. The first-order valence-electron chi connectivity index (χ1n) is 2.87. The first kappa shape index (κ1) is 8.70. The van der Waals surface area contributed by atoms with E-state index in [0.29, 0.717) is 5.96 Å². The molecule has 0 saturated heterocycles. The number of guanidine groups is 1. The van der Waals surface area contributed by atoms with Gasteiger partial charge in [-0.15, -0.1) is 0 Å². The SMILES string of the molecule is CCN(C)C(=N)N(C)P. The molecule has 1 unspecified atom stereocenters. The fraction of sp³-hybridized carbons (Fsp3) is 0.800. The maximum absolute atomic E-state index is 7.38. The van der Waals surface area contributed by atoms with Crippen molar-refractivity contribution in [1.82, 2.24) is 9.57 Å². The Morgan fingerprint density at radius 2 is 2.00 bits per heavy atom. The van der Waals surface area contributed by atoms with E-state index >= 15 is 0 Å². The van der Waals surface area contributed by atoms with E-state index in [0.717, 1.165) is 6.54 Å². The summed E-state index contributed by atoms with van der Waals surface area (Å²) >= 11 is 0. The largest absolute Gasteiger partial charge is 0.346 e. The van der Waals surface area contributed by atoms with Crippen molar-refractivity contribution in [3.8, 4) is 0 Å². The summed E-state index contributed by atoms with van der Waals surface area (Å²) in [5.74, 6) is 0.516. The van der Waals surface area contributed by atoms with Gasteiger partial charge in [0.15, 0.2) is 5.96 Å². The van der Waals surface area contributed by atoms with Crippen LogP contribution in [0.3, 0.4) is 0 Å². The zero-order chi connectivity index (χ0) is 7.44. The van der Waals surface area contributed by atoms with Crippen LogP contribution < -0.4 is 0 Å². The van der Waals surface area contributed by atoms with Crippen molar-refractivity contribution < 1.29 is 0 Å². The van der Waals surface area contributed by atoms with Crippen molar-refractivity contribution in [1.29, 1.82) is 5.41 Å². The van der Waals surface area contributed by atoms with Crippen molar-refractivity contribution in [3.05, 3.63) is 0 Å². The van der Waals surface area contributed by atoms with Crippen molar-refractivity contribution in [2.24, 2.45) is 0 Å². The van der Waals surface area contributed by atoms with Gasteiger partial charge >= 0.3 is 0 Å². The van der Waals surface area contributed by atoms with Crippen molar-refractivity contribution in [2.45, 2.75) is 6.92 Å². The molecule has 0 aromatic carbocycles. The molecule has 0 saturated carbocycles. The van der Waals surface area contributed by atoms with Gasteiger partial charge in [0, 0.05) is 20.6 Å². The predicted octanol–water partition coefficient (Wildman–Crippen LogP) is 0.595. The van der Waals surface area contributed by atoms with Crippen LogP contribution >= 0.6 is 9.39 Å². The van der Waals surface area contributed by atoms with Gasteiger partial charge in [-0.25, -0.2) is 0 Å². The van der Waals surface area contributed by atoms with Gasteiger partial charge in [-0.05, 0) is 16.3 Å². The van der Waals surface area contributed by atoms with Gasteiger partial charge in [0.05, 0.1) is 0 Å². The fourth-order valence-corrected chi connectivity index (χ4v) is 0.616. The van der Waals surface area contributed by atoms with E-state index in [1.165, 1.54) is 0 Å². The molecule has 54 valence electrons. The molecule has 0 aliphatic heterocycles. The second kappa shape index (κ2) is 3.67. The lowest BCUT2D eigenvalue weighted by Crippen LogP contribution is -2.33. The molecule has 0 rings (SSSR count). The quantitative estimate of drug-likeness (QED) is 0.334. The summed E-state index contributed by atoms with van der Waals surface area (Å²) in [6, 6.07) is 0. The normalized spacial score (nSPS) is 8.89. The molecular weight excluding hydrogens is 133 g/mol. The highest BCUT2D eigenvalue weighted by molar-refractivity contribution is 7.14. The molecule has 4 heteroatoms. The molecule has 0 radical (unpaired) electrons. The van der Waals surface area contributed by atoms with Gasteiger partial charge in [0.25, 0.3) is 0 Å². The molecule has 0 aromatic rings. The zero-order valence-corrected chi connectivity index (χ0v) is 7.33. The highest BCUT2D eigenvalue weighted by Gasteiger charge is 2.01. The molecule has 3 nitrogen and oxygen atoms in total. The van der Waals surface area contributed by atoms with Crippen LogP contribution in [0.2, 0.25) is 0 Å². The number of hydrogen-bond acceptors (Lipinski definition) is 1. The molecule has 0 spiro atoms. The molecule has 0 heterocycles. The lowest BCUT2D eigenvalue weighted by atomic mass is 10.6. The smallest absolute Gasteiger partial charge is 0.196 e. The topological polar surface area (TPSA) is 30.3 Å². The first-order valence-corrected chi connectivity index (χ1v) is 3.39. The second-order valence-corrected chi connectivity index (χ2v) is 2.72. The van der Waals surface area contributed by atoms with Crippen LogP contribution in [-0.2, 0) is 0 Å². The Labute approximate surface area is 58.8 Å². The van der Waals surface area contributed by atoms with Crippen LogP contribution in [0.4, 0.5) is 0 Å². The Morgan fingerprint density at radius 3 is 2.11 bits per heavy atom. The van der Waals surface area contributed by atoms with Gasteiger partial charge < -0.3 is 9.57 Å². The predicted molar refractivity (Wildman–Crippen MR) is 43.5 cm³/mol. The van der Waals surface area contributed by atoms with E-state index < -0.39 is 0 Å². The highest BCUT2D eigenvalue weighted by Crippen LogP contribution is 1.96. The Bertz CT molecular complexity index is 102. The molecule has 0 bridgehead atoms. The van der Waals surface area contributed by atoms with Crippen molar-refractivity contribution >= 4 is 15.4 Å². The molecule has 0 aromatic heterocycles. The van der Waals surface area contributed by atoms with Gasteiger partial charge in [-0.1, -0.05) is 0 Å². The van der Waals surface area contributed by atoms with Crippen molar-refractivity contribution in [2.75, 3.05) is 20.6 Å². The minimum Gasteiger partial charge on any atom is -0.346 e. The third-order valence-corrected chi connectivity index (χ3v) is 1.41. The maximum atomic E-state index is 7.38. The summed E-state index contributed by atoms with van der Waals surface area (Å²) in [6.45, 7) is 2.89. The Kier molecular flexibility index (Phi) is 3.55. The van der Waals surface area contributed by atoms with Crippen LogP contribution in [0.5, 0.6) is 0 Å². The molecule has 1 atom stereocenters. The van der Waals surface area contributed by atoms with Crippen LogP contribution in [0.1, 0.15) is 6.92 Å². The van der Waals surface area contributed by atoms with E-state index in [9.17, 15) is 0 Å². The lowest BCUT2D eigenvalue weighted by molar-refractivity contribution is 0.482. The maximum Gasteiger partial charge on any atom is 0.196 e. The molecule has 0 fully saturated rings. The standard InChI is InChI=1S/C5H14N3P/c1-4-7(2)5(6)8(3)9/h6H,4,9H2,1-3H3. The number of nitrogens with zero attached hydrogens (tertiary/aromatic N) is 2. The average molecular weight is 147 g/mol. The van der Waals surface area contributed by atoms with Gasteiger partial charge in [-0.2, -0.15) is 0 Å². The molecule has 0 aliphatic rings. The Morgan fingerprint density at radius 1 is 1.56 bits per heavy atom. The Balaban J connectivity index is 3.73. The minimum absolute atomic E-state index is 0.516. The number of hydrogen-bond donors (Lipinski definition) is 1. The van der Waals surface area contributed by atoms with Crippen LogP contribution in [0, 0.1) is 5.41 Å². The van der Waals surface area contributed by atoms with Crippen LogP contribution in [-0.4, -0.2) is 36.2 Å². The summed E-state index contributed by atoms with van der Waals surface area (Å²) in [4.78, 5) is 1.85. The first-order chi connectivity index (χ1) is 4.09. The summed E-state index contributed by atoms with van der Waals surface area (Å²) in [5.41, 5.74) is 0. The summed E-state index contributed by atoms with van der Waals surface area (Å²) < 4.78 is 1.70. The average Bonchev–Trinajstić information content (AvgIpc) is 1.84. The zero-order valence-electron chi connectivity index (χ0n) is 6.18. The summed E-state index contributed by atoms with van der Waals surface area (Å²) in [7, 11) is 6.16. The molecule has 0 aliphatic carbocycles. The number of nitrogens with one attached hydrogen (secondary N) is 1. The molecule has 1 N–H and O–H groups in total. The number of rotatable bonds is 1. The molecule has 9 heavy (non-hydrogen) atoms. The van der Waals surface area contributed by atoms with Crippen molar-refractivity contribution in [3.63, 3.8) is 0 Å². The van der Waals surface area contributed by atoms with E-state index in [4.69, 9.17) is 5.41 Å². The van der Waals surface area contributed by atoms with E-state index in [-0.39, 0.29) is 0 Å². The van der Waals surface area contributed by atoms with E-state index in [1.54, 1.807) is 4.67 Å². The van der Waals surface area contributed by atoms with E-state index in [1.807, 2.05) is 25.9 Å². The van der Waals surface area contributed by atoms with Gasteiger partial charge in [0.1, 0.15) is 0 Å². The summed E-state index contributed by atoms with van der Waals surface area (Å²) in [5, 5.41) is 7.38. The lowest BCUT2D eigenvalue weighted by Gasteiger charge is -2.22. The second-order valence-electron chi connectivity index (χ2n) is 1.95. The Hall–Kier alpha value is -0.300. The molecular formula is C5H14N3P. The van der Waals surface area contributed by atoms with Crippen LogP contribution in [0.15, 0.2) is 0 Å². The van der Waals surface area contributed by atoms with Gasteiger partial charge in [0.2, 0.25) is 0 Å². The van der Waals surface area contributed by atoms with Crippen LogP contribution in [0.25, 0.3) is 0 Å². The fourth-order valence-electron chi connectivity index (χ4n) is 0.419.